The van der Waals surface area contributed by atoms with Gasteiger partial charge in [0.1, 0.15) is 11.4 Å². The predicted molar refractivity (Wildman–Crippen MR) is 132 cm³/mol. The van der Waals surface area contributed by atoms with E-state index in [9.17, 15) is 4.79 Å². The van der Waals surface area contributed by atoms with E-state index in [0.29, 0.717) is 41.2 Å². The lowest BCUT2D eigenvalue weighted by molar-refractivity contribution is 0.0954. The Morgan fingerprint density at radius 1 is 0.912 bits per heavy atom. The van der Waals surface area contributed by atoms with Gasteiger partial charge in [-0.05, 0) is 29.2 Å². The van der Waals surface area contributed by atoms with Crippen LogP contribution in [-0.2, 0) is 35.8 Å². The van der Waals surface area contributed by atoms with Crippen LogP contribution in [0.25, 0.3) is 10.2 Å². The number of hydrogen-bond acceptors (Lipinski definition) is 7. The van der Waals surface area contributed by atoms with Crippen molar-refractivity contribution in [1.82, 2.24) is 15.3 Å². The maximum absolute atomic E-state index is 12.9. The SMILES string of the molecule is COCc1nc(OC)c2c(C)c(C(=O)NCc3ccc(COCc4ccccc4)cc3)sc2n1. The molecule has 7 nitrogen and oxygen atoms in total. The number of rotatable bonds is 10. The van der Waals surface area contributed by atoms with E-state index in [-0.39, 0.29) is 12.5 Å². The number of nitrogens with one attached hydrogen (secondary N) is 1. The van der Waals surface area contributed by atoms with E-state index >= 15 is 0 Å². The van der Waals surface area contributed by atoms with Crippen molar-refractivity contribution in [2.75, 3.05) is 14.2 Å². The minimum absolute atomic E-state index is 0.147. The summed E-state index contributed by atoms with van der Waals surface area (Å²) < 4.78 is 16.4. The van der Waals surface area contributed by atoms with Gasteiger partial charge in [-0.1, -0.05) is 54.6 Å². The molecule has 0 saturated heterocycles. The molecule has 4 aromatic rings. The van der Waals surface area contributed by atoms with E-state index in [4.69, 9.17) is 14.2 Å². The summed E-state index contributed by atoms with van der Waals surface area (Å²) in [6, 6.07) is 18.2. The number of thiophene rings is 1. The summed E-state index contributed by atoms with van der Waals surface area (Å²) in [5.41, 5.74) is 4.06. The Bertz CT molecular complexity index is 1260. The van der Waals surface area contributed by atoms with E-state index in [1.165, 1.54) is 11.3 Å². The Morgan fingerprint density at radius 3 is 2.26 bits per heavy atom. The molecule has 2 heterocycles. The predicted octanol–water partition coefficient (Wildman–Crippen LogP) is 4.80. The minimum Gasteiger partial charge on any atom is -0.480 e. The van der Waals surface area contributed by atoms with E-state index in [1.807, 2.05) is 61.5 Å². The molecule has 0 fully saturated rings. The number of nitrogens with zero attached hydrogens (tertiary/aromatic N) is 2. The van der Waals surface area contributed by atoms with Gasteiger partial charge in [0, 0.05) is 13.7 Å². The summed E-state index contributed by atoms with van der Waals surface area (Å²) in [4.78, 5) is 23.1. The Hall–Kier alpha value is -3.33. The summed E-state index contributed by atoms with van der Waals surface area (Å²) in [6.45, 7) is 3.71. The van der Waals surface area contributed by atoms with Crippen molar-refractivity contribution in [3.63, 3.8) is 0 Å². The molecular weight excluding hydrogens is 450 g/mol. The first kappa shape index (κ1) is 23.8. The highest BCUT2D eigenvalue weighted by Crippen LogP contribution is 2.35. The van der Waals surface area contributed by atoms with Crippen LogP contribution in [0.5, 0.6) is 5.88 Å². The van der Waals surface area contributed by atoms with Crippen molar-refractivity contribution in [3.8, 4) is 5.88 Å². The quantitative estimate of drug-likeness (QED) is 0.353. The van der Waals surface area contributed by atoms with Gasteiger partial charge in [-0.3, -0.25) is 4.79 Å². The van der Waals surface area contributed by atoms with Gasteiger partial charge < -0.3 is 19.5 Å². The van der Waals surface area contributed by atoms with Crippen LogP contribution in [0.1, 0.15) is 37.7 Å². The summed E-state index contributed by atoms with van der Waals surface area (Å²) in [5, 5.41) is 3.77. The van der Waals surface area contributed by atoms with Crippen molar-refractivity contribution >= 4 is 27.5 Å². The molecule has 8 heteroatoms. The molecule has 0 atom stereocenters. The molecule has 4 rings (SSSR count). The third-order valence-electron chi connectivity index (χ3n) is 5.33. The lowest BCUT2D eigenvalue weighted by Gasteiger charge is -2.08. The summed E-state index contributed by atoms with van der Waals surface area (Å²) in [7, 11) is 3.15. The van der Waals surface area contributed by atoms with Crippen molar-refractivity contribution in [1.29, 1.82) is 0 Å². The summed E-state index contributed by atoms with van der Waals surface area (Å²) in [5.74, 6) is 0.828. The van der Waals surface area contributed by atoms with Crippen LogP contribution in [0.15, 0.2) is 54.6 Å². The second kappa shape index (κ2) is 11.2. The fraction of sp³-hybridized carbons (Fsp3) is 0.269. The minimum atomic E-state index is -0.147. The summed E-state index contributed by atoms with van der Waals surface area (Å²) >= 11 is 1.33. The lowest BCUT2D eigenvalue weighted by Crippen LogP contribution is -2.22. The van der Waals surface area contributed by atoms with Crippen LogP contribution in [0, 0.1) is 6.92 Å². The van der Waals surface area contributed by atoms with E-state index in [0.717, 1.165) is 27.6 Å². The third-order valence-corrected chi connectivity index (χ3v) is 6.52. The fourth-order valence-corrected chi connectivity index (χ4v) is 4.69. The number of amides is 1. The van der Waals surface area contributed by atoms with Crippen LogP contribution in [0.3, 0.4) is 0 Å². The standard InChI is InChI=1S/C26H27N3O4S/c1-17-22-25(32-3)28-21(16-31-2)29-26(22)34-23(17)24(30)27-13-18-9-11-20(12-10-18)15-33-14-19-7-5-4-6-8-19/h4-12H,13-16H2,1-3H3,(H,27,30). The number of carbonyl (C=O) groups excluding carboxylic acids is 1. The van der Waals surface area contributed by atoms with Crippen LogP contribution in [0.4, 0.5) is 0 Å². The zero-order chi connectivity index (χ0) is 23.9. The van der Waals surface area contributed by atoms with Crippen LogP contribution >= 0.6 is 11.3 Å². The normalized spacial score (nSPS) is 11.0. The Labute approximate surface area is 202 Å². The summed E-state index contributed by atoms with van der Waals surface area (Å²) in [6.07, 6.45) is 0. The van der Waals surface area contributed by atoms with Gasteiger partial charge in [0.25, 0.3) is 5.91 Å². The zero-order valence-corrected chi connectivity index (χ0v) is 20.3. The highest BCUT2D eigenvalue weighted by Gasteiger charge is 2.21. The molecule has 0 saturated carbocycles. The van der Waals surface area contributed by atoms with Gasteiger partial charge in [-0.2, -0.15) is 4.98 Å². The van der Waals surface area contributed by atoms with Crippen molar-refractivity contribution in [3.05, 3.63) is 87.6 Å². The Morgan fingerprint density at radius 2 is 1.59 bits per heavy atom. The first-order valence-electron chi connectivity index (χ1n) is 10.9. The van der Waals surface area contributed by atoms with E-state index in [2.05, 4.69) is 15.3 Å². The monoisotopic (exact) mass is 477 g/mol. The second-order valence-corrected chi connectivity index (χ2v) is 8.80. The van der Waals surface area contributed by atoms with Crippen LogP contribution in [-0.4, -0.2) is 30.1 Å². The molecule has 34 heavy (non-hydrogen) atoms. The molecule has 2 aromatic heterocycles. The fourth-order valence-electron chi connectivity index (χ4n) is 3.58. The van der Waals surface area contributed by atoms with E-state index < -0.39 is 0 Å². The molecule has 0 unspecified atom stereocenters. The second-order valence-electron chi connectivity index (χ2n) is 7.80. The molecule has 2 aromatic carbocycles. The molecule has 0 aliphatic heterocycles. The average Bonchev–Trinajstić information content (AvgIpc) is 3.20. The number of carbonyl (C=O) groups is 1. The first-order valence-corrected chi connectivity index (χ1v) is 11.7. The van der Waals surface area contributed by atoms with Crippen molar-refractivity contribution < 1.29 is 19.0 Å². The highest BCUT2D eigenvalue weighted by molar-refractivity contribution is 7.20. The third kappa shape index (κ3) is 5.59. The zero-order valence-electron chi connectivity index (χ0n) is 19.5. The highest BCUT2D eigenvalue weighted by atomic mass is 32.1. The molecular formula is C26H27N3O4S. The lowest BCUT2D eigenvalue weighted by atomic mass is 10.1. The number of aryl methyl sites for hydroxylation is 1. The maximum atomic E-state index is 12.9. The topological polar surface area (TPSA) is 82.6 Å². The molecule has 0 radical (unpaired) electrons. The van der Waals surface area contributed by atoms with E-state index in [1.54, 1.807) is 14.2 Å². The molecule has 0 spiro atoms. The molecule has 0 bridgehead atoms. The number of aromatic nitrogens is 2. The number of fused-ring (bicyclic) bond motifs is 1. The number of benzene rings is 2. The van der Waals surface area contributed by atoms with Crippen LogP contribution in [0.2, 0.25) is 0 Å². The number of hydrogen-bond donors (Lipinski definition) is 1. The van der Waals surface area contributed by atoms with Gasteiger partial charge in [0.15, 0.2) is 5.82 Å². The largest absolute Gasteiger partial charge is 0.480 e. The smallest absolute Gasteiger partial charge is 0.261 e. The molecule has 0 aliphatic carbocycles. The van der Waals surface area contributed by atoms with Crippen LogP contribution < -0.4 is 10.1 Å². The molecule has 0 aliphatic rings. The van der Waals surface area contributed by atoms with Crippen molar-refractivity contribution in [2.24, 2.45) is 0 Å². The van der Waals surface area contributed by atoms with Gasteiger partial charge in [0.2, 0.25) is 5.88 Å². The average molecular weight is 478 g/mol. The number of methoxy groups -OCH3 is 2. The molecule has 1 N–H and O–H groups in total. The molecule has 1 amide bonds. The van der Waals surface area contributed by atoms with Crippen molar-refractivity contribution in [2.45, 2.75) is 33.3 Å². The Kier molecular flexibility index (Phi) is 7.84. The maximum Gasteiger partial charge on any atom is 0.261 e. The number of ether oxygens (including phenoxy) is 3. The van der Waals surface area contributed by atoms with Gasteiger partial charge >= 0.3 is 0 Å². The Balaban J connectivity index is 1.37. The first-order chi connectivity index (χ1) is 16.6. The van der Waals surface area contributed by atoms with Gasteiger partial charge in [0.05, 0.1) is 30.6 Å². The van der Waals surface area contributed by atoms with Gasteiger partial charge in [-0.25, -0.2) is 4.98 Å². The molecule has 176 valence electrons. The van der Waals surface area contributed by atoms with Gasteiger partial charge in [-0.15, -0.1) is 11.3 Å².